The predicted octanol–water partition coefficient (Wildman–Crippen LogP) is 6.07. The standard InChI is InChI=1S/C42H48BrN9O5/c1-26-24-51(39(55)25-50-18-16-29(17-19-50)28-8-10-30(11-9-28)45-36-14-15-38(54)48-41(36)56)20-21-52(26)31-12-13-35(37(22-31)57-3)47-42-44-23-33(43)40(49-42)46-34-7-5-4-6-32(34)27(2)53/h4-13,22-23,26,29,36,45H,14-21,24-25H2,1-3H3,(H,48,54,56)(H2,44,46,47,49). The predicted molar refractivity (Wildman–Crippen MR) is 224 cm³/mol. The molecule has 3 aliphatic heterocycles. The molecule has 2 unspecified atom stereocenters. The molecule has 57 heavy (non-hydrogen) atoms. The minimum Gasteiger partial charge on any atom is -0.494 e. The lowest BCUT2D eigenvalue weighted by molar-refractivity contribution is -0.134. The monoisotopic (exact) mass is 837 g/mol. The SMILES string of the molecule is COc1cc(N2CCN(C(=O)CN3CCC(c4ccc(NC5CCC(=O)NC5=O)cc4)CC3)CC2C)ccc1Nc1ncc(Br)c(Nc2ccccc2C(C)=O)n1. The third-order valence-electron chi connectivity index (χ3n) is 11.0. The number of rotatable bonds is 12. The fourth-order valence-corrected chi connectivity index (χ4v) is 8.08. The number of benzene rings is 3. The van der Waals surface area contributed by atoms with Gasteiger partial charge in [-0.1, -0.05) is 24.3 Å². The number of aromatic nitrogens is 2. The number of carbonyl (C=O) groups excluding carboxylic acids is 4. The number of methoxy groups -OCH3 is 1. The molecule has 3 amide bonds. The van der Waals surface area contributed by atoms with Crippen molar-refractivity contribution in [2.75, 3.05) is 67.2 Å². The first-order valence-corrected chi connectivity index (χ1v) is 20.2. The number of piperazine rings is 1. The first kappa shape index (κ1) is 39.7. The quantitative estimate of drug-likeness (QED) is 0.0965. The van der Waals surface area contributed by atoms with Gasteiger partial charge in [-0.2, -0.15) is 4.98 Å². The number of imide groups is 1. The van der Waals surface area contributed by atoms with Crippen LogP contribution >= 0.6 is 15.9 Å². The highest BCUT2D eigenvalue weighted by atomic mass is 79.9. The number of Topliss-reactive ketones (excluding diaryl/α,β-unsaturated/α-hetero) is 1. The third kappa shape index (κ3) is 9.54. The van der Waals surface area contributed by atoms with Crippen LogP contribution in [-0.2, 0) is 14.4 Å². The molecule has 0 spiro atoms. The zero-order valence-corrected chi connectivity index (χ0v) is 34.0. The van der Waals surface area contributed by atoms with E-state index >= 15 is 0 Å². The van der Waals surface area contributed by atoms with Gasteiger partial charge in [-0.3, -0.25) is 29.4 Å². The number of anilines is 6. The van der Waals surface area contributed by atoms with E-state index in [0.717, 1.165) is 37.3 Å². The van der Waals surface area contributed by atoms with Crippen LogP contribution < -0.4 is 30.9 Å². The summed E-state index contributed by atoms with van der Waals surface area (Å²) < 4.78 is 6.44. The maximum atomic E-state index is 13.5. The Kier molecular flexibility index (Phi) is 12.3. The summed E-state index contributed by atoms with van der Waals surface area (Å²) in [6.45, 7) is 7.78. The molecule has 298 valence electrons. The number of ketones is 1. The minimum atomic E-state index is -0.400. The van der Waals surface area contributed by atoms with Crippen LogP contribution in [-0.4, -0.2) is 102 Å². The molecular formula is C42H48BrN9O5. The number of hydrogen-bond acceptors (Lipinski definition) is 12. The molecule has 1 aromatic heterocycles. The van der Waals surface area contributed by atoms with Crippen LogP contribution in [0.2, 0.25) is 0 Å². The molecule has 4 N–H and O–H groups in total. The largest absolute Gasteiger partial charge is 0.494 e. The Balaban J connectivity index is 0.895. The van der Waals surface area contributed by atoms with Crippen molar-refractivity contribution >= 4 is 74.0 Å². The molecule has 3 saturated heterocycles. The molecule has 3 aliphatic rings. The molecule has 14 nitrogen and oxygen atoms in total. The van der Waals surface area contributed by atoms with Crippen molar-refractivity contribution in [3.8, 4) is 5.75 Å². The normalized spacial score (nSPS) is 19.2. The number of ether oxygens (including phenoxy) is 1. The summed E-state index contributed by atoms with van der Waals surface area (Å²) in [5.74, 6) is 1.52. The maximum Gasteiger partial charge on any atom is 0.249 e. The van der Waals surface area contributed by atoms with Gasteiger partial charge >= 0.3 is 0 Å². The van der Waals surface area contributed by atoms with Gasteiger partial charge in [0.05, 0.1) is 29.5 Å². The van der Waals surface area contributed by atoms with Crippen molar-refractivity contribution < 1.29 is 23.9 Å². The van der Waals surface area contributed by atoms with Crippen molar-refractivity contribution in [1.29, 1.82) is 0 Å². The summed E-state index contributed by atoms with van der Waals surface area (Å²) in [5, 5.41) is 12.2. The van der Waals surface area contributed by atoms with Crippen LogP contribution in [0.15, 0.2) is 77.4 Å². The highest BCUT2D eigenvalue weighted by Crippen LogP contribution is 2.35. The van der Waals surface area contributed by atoms with E-state index in [9.17, 15) is 19.2 Å². The second kappa shape index (κ2) is 17.7. The van der Waals surface area contributed by atoms with Gasteiger partial charge in [-0.05, 0) is 110 Å². The fourth-order valence-electron chi connectivity index (χ4n) is 7.79. The van der Waals surface area contributed by atoms with Crippen LogP contribution in [0, 0.1) is 0 Å². The Bertz CT molecular complexity index is 2130. The van der Waals surface area contributed by atoms with E-state index in [-0.39, 0.29) is 29.5 Å². The summed E-state index contributed by atoms with van der Waals surface area (Å²) >= 11 is 3.51. The molecule has 0 bridgehead atoms. The molecule has 0 radical (unpaired) electrons. The summed E-state index contributed by atoms with van der Waals surface area (Å²) in [5.41, 5.74) is 5.04. The van der Waals surface area contributed by atoms with Crippen LogP contribution in [0.3, 0.4) is 0 Å². The average molecular weight is 839 g/mol. The first-order valence-electron chi connectivity index (χ1n) is 19.4. The molecule has 7 rings (SSSR count). The lowest BCUT2D eigenvalue weighted by Gasteiger charge is -2.42. The first-order chi connectivity index (χ1) is 27.5. The van der Waals surface area contributed by atoms with E-state index in [2.05, 4.69) is 76.0 Å². The number of nitrogens with one attached hydrogen (secondary N) is 4. The number of hydrogen-bond donors (Lipinski definition) is 4. The number of para-hydroxylation sites is 1. The van der Waals surface area contributed by atoms with Crippen molar-refractivity contribution in [2.45, 2.75) is 57.5 Å². The van der Waals surface area contributed by atoms with Crippen LogP contribution in [0.1, 0.15) is 61.4 Å². The topological polar surface area (TPSA) is 161 Å². The summed E-state index contributed by atoms with van der Waals surface area (Å²) in [6.07, 6.45) is 4.44. The van der Waals surface area contributed by atoms with Gasteiger partial charge in [-0.15, -0.1) is 0 Å². The van der Waals surface area contributed by atoms with Crippen LogP contribution in [0.4, 0.5) is 34.5 Å². The van der Waals surface area contributed by atoms with Gasteiger partial charge in [0.25, 0.3) is 0 Å². The zero-order valence-electron chi connectivity index (χ0n) is 32.4. The Morgan fingerprint density at radius 1 is 0.947 bits per heavy atom. The maximum absolute atomic E-state index is 13.5. The number of likely N-dealkylation sites (tertiary alicyclic amines) is 1. The highest BCUT2D eigenvalue weighted by Gasteiger charge is 2.30. The highest BCUT2D eigenvalue weighted by molar-refractivity contribution is 9.10. The number of amides is 3. The lowest BCUT2D eigenvalue weighted by atomic mass is 9.89. The van der Waals surface area contributed by atoms with Gasteiger partial charge in [0, 0.05) is 61.3 Å². The van der Waals surface area contributed by atoms with E-state index < -0.39 is 6.04 Å². The zero-order chi connectivity index (χ0) is 40.1. The van der Waals surface area contributed by atoms with Crippen molar-refractivity contribution in [1.82, 2.24) is 25.1 Å². The Labute approximate surface area is 340 Å². The van der Waals surface area contributed by atoms with Gasteiger partial charge in [-0.25, -0.2) is 4.98 Å². The van der Waals surface area contributed by atoms with E-state index in [1.165, 1.54) is 12.5 Å². The molecule has 2 atom stereocenters. The lowest BCUT2D eigenvalue weighted by Crippen LogP contribution is -2.55. The molecule has 4 aromatic rings. The van der Waals surface area contributed by atoms with Crippen molar-refractivity contribution in [3.05, 3.63) is 88.5 Å². The molecule has 0 aliphatic carbocycles. The smallest absolute Gasteiger partial charge is 0.249 e. The second-order valence-corrected chi connectivity index (χ2v) is 15.7. The Morgan fingerprint density at radius 2 is 1.72 bits per heavy atom. The van der Waals surface area contributed by atoms with Crippen LogP contribution in [0.5, 0.6) is 5.75 Å². The van der Waals surface area contributed by atoms with E-state index in [1.807, 2.05) is 53.4 Å². The summed E-state index contributed by atoms with van der Waals surface area (Å²) in [6, 6.07) is 21.2. The van der Waals surface area contributed by atoms with E-state index in [1.54, 1.807) is 19.4 Å². The molecule has 3 aromatic carbocycles. The molecule has 3 fully saturated rings. The van der Waals surface area contributed by atoms with Gasteiger partial charge in [0.2, 0.25) is 23.7 Å². The molecule has 0 saturated carbocycles. The molecule has 4 heterocycles. The van der Waals surface area contributed by atoms with E-state index in [4.69, 9.17) is 4.74 Å². The summed E-state index contributed by atoms with van der Waals surface area (Å²) in [4.78, 5) is 64.9. The fraction of sp³-hybridized carbons (Fsp3) is 0.381. The number of nitrogens with zero attached hydrogens (tertiary/aromatic N) is 5. The molecule has 15 heteroatoms. The second-order valence-electron chi connectivity index (χ2n) is 14.8. The number of piperidine rings is 2. The number of carbonyl (C=O) groups is 4. The Morgan fingerprint density at radius 3 is 2.44 bits per heavy atom. The van der Waals surface area contributed by atoms with Gasteiger partial charge in [0.15, 0.2) is 5.78 Å². The minimum absolute atomic E-state index is 0.0502. The van der Waals surface area contributed by atoms with Crippen molar-refractivity contribution in [2.24, 2.45) is 0 Å². The van der Waals surface area contributed by atoms with Gasteiger partial charge < -0.3 is 30.5 Å². The summed E-state index contributed by atoms with van der Waals surface area (Å²) in [7, 11) is 1.63. The van der Waals surface area contributed by atoms with Gasteiger partial charge in [0.1, 0.15) is 17.6 Å². The van der Waals surface area contributed by atoms with Crippen LogP contribution in [0.25, 0.3) is 0 Å². The number of halogens is 1. The van der Waals surface area contributed by atoms with Crippen molar-refractivity contribution in [3.63, 3.8) is 0 Å². The third-order valence-corrected chi connectivity index (χ3v) is 11.5. The molecular weight excluding hydrogens is 790 g/mol. The Hall–Kier alpha value is -5.54. The average Bonchev–Trinajstić information content (AvgIpc) is 3.21. The van der Waals surface area contributed by atoms with E-state index in [0.29, 0.717) is 83.9 Å².